The van der Waals surface area contributed by atoms with Gasteiger partial charge < -0.3 is 9.47 Å². The molecule has 0 aromatic heterocycles. The van der Waals surface area contributed by atoms with Crippen molar-refractivity contribution in [3.63, 3.8) is 0 Å². The fourth-order valence-electron chi connectivity index (χ4n) is 2.54. The number of rotatable bonds is 6. The highest BCUT2D eigenvalue weighted by molar-refractivity contribution is 5.77. The molecule has 19 heavy (non-hydrogen) atoms. The highest BCUT2D eigenvalue weighted by atomic mass is 19.3. The van der Waals surface area contributed by atoms with E-state index >= 15 is 0 Å². The van der Waals surface area contributed by atoms with Crippen molar-refractivity contribution < 1.29 is 23.0 Å². The Morgan fingerprint density at radius 2 is 2.05 bits per heavy atom. The van der Waals surface area contributed by atoms with E-state index in [1.54, 1.807) is 6.92 Å². The molecule has 112 valence electrons. The lowest BCUT2D eigenvalue weighted by Gasteiger charge is -2.42. The van der Waals surface area contributed by atoms with Crippen LogP contribution >= 0.6 is 0 Å². The van der Waals surface area contributed by atoms with Gasteiger partial charge in [-0.2, -0.15) is 0 Å². The lowest BCUT2D eigenvalue weighted by molar-refractivity contribution is -0.188. The maximum absolute atomic E-state index is 13.6. The number of alkyl halides is 2. The first-order valence-electron chi connectivity index (χ1n) is 7.02. The number of hydrogen-bond donors (Lipinski definition) is 0. The second kappa shape index (κ2) is 6.64. The molecule has 0 aromatic carbocycles. The number of halogens is 2. The third kappa shape index (κ3) is 4.13. The molecule has 0 aromatic rings. The summed E-state index contributed by atoms with van der Waals surface area (Å²) in [5.74, 6) is -3.39. The molecule has 3 nitrogen and oxygen atoms in total. The maximum atomic E-state index is 13.6. The highest BCUT2D eigenvalue weighted by Gasteiger charge is 2.54. The van der Waals surface area contributed by atoms with E-state index in [1.165, 1.54) is 6.92 Å². The van der Waals surface area contributed by atoms with Gasteiger partial charge in [0, 0.05) is 19.4 Å². The Morgan fingerprint density at radius 3 is 2.63 bits per heavy atom. The van der Waals surface area contributed by atoms with Crippen molar-refractivity contribution in [3.05, 3.63) is 0 Å². The third-order valence-electron chi connectivity index (χ3n) is 3.67. The minimum Gasteiger partial charge on any atom is -0.465 e. The van der Waals surface area contributed by atoms with Gasteiger partial charge in [-0.15, -0.1) is 0 Å². The summed E-state index contributed by atoms with van der Waals surface area (Å²) in [5, 5.41) is 0. The Balaban J connectivity index is 2.78. The molecular formula is C14H24F2O3. The van der Waals surface area contributed by atoms with Crippen LogP contribution in [-0.2, 0) is 14.3 Å². The monoisotopic (exact) mass is 278 g/mol. The minimum atomic E-state index is -2.81. The summed E-state index contributed by atoms with van der Waals surface area (Å²) in [6.07, 6.45) is 0.850. The highest BCUT2D eigenvalue weighted by Crippen LogP contribution is 2.46. The molecule has 0 spiro atoms. The van der Waals surface area contributed by atoms with Gasteiger partial charge in [0.25, 0.3) is 0 Å². The molecule has 5 heteroatoms. The van der Waals surface area contributed by atoms with E-state index in [0.717, 1.165) is 12.8 Å². The topological polar surface area (TPSA) is 35.5 Å². The van der Waals surface area contributed by atoms with E-state index in [2.05, 4.69) is 0 Å². The average Bonchev–Trinajstić information content (AvgIpc) is 2.32. The summed E-state index contributed by atoms with van der Waals surface area (Å²) in [6.45, 7) is 5.94. The Kier molecular flexibility index (Phi) is 5.71. The second-order valence-electron chi connectivity index (χ2n) is 5.42. The zero-order chi connectivity index (χ0) is 14.5. The summed E-state index contributed by atoms with van der Waals surface area (Å²) in [4.78, 5) is 12.0. The van der Waals surface area contributed by atoms with Crippen LogP contribution in [0.2, 0.25) is 0 Å². The van der Waals surface area contributed by atoms with E-state index in [4.69, 9.17) is 9.47 Å². The van der Waals surface area contributed by atoms with Gasteiger partial charge in [-0.3, -0.25) is 4.79 Å². The Morgan fingerprint density at radius 1 is 1.37 bits per heavy atom. The van der Waals surface area contributed by atoms with Crippen LogP contribution < -0.4 is 0 Å². The predicted octanol–water partition coefficient (Wildman–Crippen LogP) is 3.56. The molecule has 1 aliphatic rings. The van der Waals surface area contributed by atoms with Crippen LogP contribution in [0.3, 0.4) is 0 Å². The van der Waals surface area contributed by atoms with Crippen molar-refractivity contribution in [2.45, 2.75) is 64.9 Å². The summed E-state index contributed by atoms with van der Waals surface area (Å²) >= 11 is 0. The molecule has 0 amide bonds. The van der Waals surface area contributed by atoms with Gasteiger partial charge in [0.2, 0.25) is 5.92 Å². The third-order valence-corrected chi connectivity index (χ3v) is 3.67. The smallest absolute Gasteiger partial charge is 0.314 e. The molecule has 0 bridgehead atoms. The van der Waals surface area contributed by atoms with E-state index in [9.17, 15) is 13.6 Å². The van der Waals surface area contributed by atoms with Crippen molar-refractivity contribution in [1.29, 1.82) is 0 Å². The first-order chi connectivity index (χ1) is 8.85. The van der Waals surface area contributed by atoms with Crippen molar-refractivity contribution in [3.8, 4) is 0 Å². The van der Waals surface area contributed by atoms with Gasteiger partial charge in [0.1, 0.15) is 0 Å². The largest absolute Gasteiger partial charge is 0.465 e. The second-order valence-corrected chi connectivity index (χ2v) is 5.42. The zero-order valence-electron chi connectivity index (χ0n) is 12.0. The van der Waals surface area contributed by atoms with Gasteiger partial charge in [-0.25, -0.2) is 8.78 Å². The summed E-state index contributed by atoms with van der Waals surface area (Å²) in [5.41, 5.74) is -1.24. The van der Waals surface area contributed by atoms with Gasteiger partial charge in [-0.1, -0.05) is 13.3 Å². The first-order valence-corrected chi connectivity index (χ1v) is 7.02. The molecule has 1 aliphatic carbocycles. The van der Waals surface area contributed by atoms with Crippen LogP contribution in [0.1, 0.15) is 52.9 Å². The minimum absolute atomic E-state index is 0.196. The SMILES string of the molecule is CCCCO[C@@H]1CCC(F)(F)C[C@]1(C)C(=O)OCC. The first kappa shape index (κ1) is 16.3. The molecule has 0 N–H and O–H groups in total. The molecule has 1 rings (SSSR count). The number of ether oxygens (including phenoxy) is 2. The Labute approximate surface area is 113 Å². The van der Waals surface area contributed by atoms with Gasteiger partial charge >= 0.3 is 5.97 Å². The van der Waals surface area contributed by atoms with Crippen LogP contribution in [0.4, 0.5) is 8.78 Å². The number of carbonyl (C=O) groups is 1. The van der Waals surface area contributed by atoms with Crippen molar-refractivity contribution in [2.75, 3.05) is 13.2 Å². The maximum Gasteiger partial charge on any atom is 0.314 e. The van der Waals surface area contributed by atoms with E-state index in [0.29, 0.717) is 6.61 Å². The van der Waals surface area contributed by atoms with Crippen LogP contribution in [0.15, 0.2) is 0 Å². The van der Waals surface area contributed by atoms with E-state index in [-0.39, 0.29) is 19.4 Å². The van der Waals surface area contributed by atoms with Crippen molar-refractivity contribution >= 4 is 5.97 Å². The van der Waals surface area contributed by atoms with Crippen LogP contribution in [0.5, 0.6) is 0 Å². The number of hydrogen-bond acceptors (Lipinski definition) is 3. The molecular weight excluding hydrogens is 254 g/mol. The Hall–Kier alpha value is -0.710. The average molecular weight is 278 g/mol. The lowest BCUT2D eigenvalue weighted by Crippen LogP contribution is -2.50. The van der Waals surface area contributed by atoms with E-state index < -0.39 is 29.8 Å². The summed E-state index contributed by atoms with van der Waals surface area (Å²) in [6, 6.07) is 0. The number of esters is 1. The van der Waals surface area contributed by atoms with Crippen LogP contribution in [-0.4, -0.2) is 31.2 Å². The van der Waals surface area contributed by atoms with Gasteiger partial charge in [0.15, 0.2) is 0 Å². The molecule has 0 saturated heterocycles. The molecule has 0 aliphatic heterocycles. The Bertz CT molecular complexity index is 307. The number of carbonyl (C=O) groups excluding carboxylic acids is 1. The lowest BCUT2D eigenvalue weighted by atomic mass is 9.71. The quantitative estimate of drug-likeness (QED) is 0.550. The molecule has 0 radical (unpaired) electrons. The van der Waals surface area contributed by atoms with Gasteiger partial charge in [-0.05, 0) is 26.7 Å². The molecule has 1 saturated carbocycles. The normalized spacial score (nSPS) is 30.1. The van der Waals surface area contributed by atoms with Gasteiger partial charge in [0.05, 0.1) is 18.1 Å². The standard InChI is InChI=1S/C14H24F2O3/c1-4-6-9-19-11-7-8-14(15,16)10-13(11,3)12(17)18-5-2/h11H,4-10H2,1-3H3/t11-,13+/m1/s1. The molecule has 0 unspecified atom stereocenters. The predicted molar refractivity (Wildman–Crippen MR) is 68.2 cm³/mol. The fourth-order valence-corrected chi connectivity index (χ4v) is 2.54. The van der Waals surface area contributed by atoms with Crippen LogP contribution in [0.25, 0.3) is 0 Å². The number of unbranched alkanes of at least 4 members (excludes halogenated alkanes) is 1. The fraction of sp³-hybridized carbons (Fsp3) is 0.929. The molecule has 2 atom stereocenters. The molecule has 0 heterocycles. The molecule has 1 fully saturated rings. The van der Waals surface area contributed by atoms with Crippen LogP contribution in [0, 0.1) is 5.41 Å². The van der Waals surface area contributed by atoms with Crippen molar-refractivity contribution in [2.24, 2.45) is 5.41 Å². The zero-order valence-corrected chi connectivity index (χ0v) is 12.0. The summed E-state index contributed by atoms with van der Waals surface area (Å²) in [7, 11) is 0. The van der Waals surface area contributed by atoms with Crippen molar-refractivity contribution in [1.82, 2.24) is 0 Å². The summed E-state index contributed by atoms with van der Waals surface area (Å²) < 4.78 is 37.8. The van der Waals surface area contributed by atoms with E-state index in [1.807, 2.05) is 6.92 Å².